The van der Waals surface area contributed by atoms with Crippen molar-refractivity contribution in [3.05, 3.63) is 11.7 Å². The highest BCUT2D eigenvalue weighted by Crippen LogP contribution is 2.30. The second-order valence-corrected chi connectivity index (χ2v) is 4.28. The van der Waals surface area contributed by atoms with Crippen molar-refractivity contribution in [2.45, 2.75) is 50.9 Å². The third-order valence-electron chi connectivity index (χ3n) is 3.06. The molecule has 1 saturated carbocycles. The Balaban J connectivity index is 2.00. The molecule has 0 saturated heterocycles. The van der Waals surface area contributed by atoms with Gasteiger partial charge in [-0.15, -0.1) is 0 Å². The maximum Gasteiger partial charge on any atom is 0.229 e. The average Bonchev–Trinajstić information content (AvgIpc) is 2.53. The van der Waals surface area contributed by atoms with E-state index in [1.807, 2.05) is 0 Å². The Morgan fingerprint density at radius 3 is 2.60 bits per heavy atom. The standard InChI is InChI=1S/C11H19N3O/c12-8-7-10-13-11(15-14-10)9-5-3-1-2-4-6-9/h9H,1-8,12H2. The number of rotatable bonds is 3. The fraction of sp³-hybridized carbons (Fsp3) is 0.818. The van der Waals surface area contributed by atoms with Crippen molar-refractivity contribution in [3.63, 3.8) is 0 Å². The lowest BCUT2D eigenvalue weighted by Crippen LogP contribution is -2.04. The van der Waals surface area contributed by atoms with E-state index >= 15 is 0 Å². The first-order chi connectivity index (χ1) is 7.40. The molecule has 1 aliphatic rings. The van der Waals surface area contributed by atoms with Crippen LogP contribution in [-0.2, 0) is 6.42 Å². The average molecular weight is 209 g/mol. The second-order valence-electron chi connectivity index (χ2n) is 4.28. The van der Waals surface area contributed by atoms with Crippen molar-refractivity contribution in [1.82, 2.24) is 10.1 Å². The van der Waals surface area contributed by atoms with E-state index < -0.39 is 0 Å². The van der Waals surface area contributed by atoms with Crippen LogP contribution >= 0.6 is 0 Å². The van der Waals surface area contributed by atoms with Gasteiger partial charge >= 0.3 is 0 Å². The number of nitrogens with two attached hydrogens (primary N) is 1. The minimum Gasteiger partial charge on any atom is -0.339 e. The third-order valence-corrected chi connectivity index (χ3v) is 3.06. The molecule has 1 heterocycles. The smallest absolute Gasteiger partial charge is 0.229 e. The largest absolute Gasteiger partial charge is 0.339 e. The van der Waals surface area contributed by atoms with Crippen molar-refractivity contribution in [3.8, 4) is 0 Å². The van der Waals surface area contributed by atoms with Gasteiger partial charge in [-0.3, -0.25) is 0 Å². The molecule has 0 spiro atoms. The Hall–Kier alpha value is -0.900. The van der Waals surface area contributed by atoms with Crippen LogP contribution in [-0.4, -0.2) is 16.7 Å². The number of hydrogen-bond acceptors (Lipinski definition) is 4. The minimum atomic E-state index is 0.492. The van der Waals surface area contributed by atoms with Gasteiger partial charge in [0.05, 0.1) is 0 Å². The Bertz CT molecular complexity index is 290. The molecule has 0 amide bonds. The van der Waals surface area contributed by atoms with Crippen LogP contribution in [0.5, 0.6) is 0 Å². The first-order valence-electron chi connectivity index (χ1n) is 5.92. The van der Waals surface area contributed by atoms with Crippen LogP contribution in [0.4, 0.5) is 0 Å². The van der Waals surface area contributed by atoms with Gasteiger partial charge in [-0.25, -0.2) is 0 Å². The minimum absolute atomic E-state index is 0.492. The maximum atomic E-state index is 5.45. The zero-order valence-corrected chi connectivity index (χ0v) is 9.11. The van der Waals surface area contributed by atoms with Gasteiger partial charge < -0.3 is 10.3 Å². The molecule has 1 aliphatic carbocycles. The van der Waals surface area contributed by atoms with Crippen LogP contribution in [0.2, 0.25) is 0 Å². The maximum absolute atomic E-state index is 5.45. The summed E-state index contributed by atoms with van der Waals surface area (Å²) in [7, 11) is 0. The first-order valence-corrected chi connectivity index (χ1v) is 5.92. The van der Waals surface area contributed by atoms with Gasteiger partial charge in [0.2, 0.25) is 5.89 Å². The fourth-order valence-corrected chi connectivity index (χ4v) is 2.19. The second kappa shape index (κ2) is 5.26. The van der Waals surface area contributed by atoms with Gasteiger partial charge in [0, 0.05) is 12.3 Å². The summed E-state index contributed by atoms with van der Waals surface area (Å²) in [6.07, 6.45) is 8.39. The molecule has 0 bridgehead atoms. The number of aromatic nitrogens is 2. The Morgan fingerprint density at radius 1 is 1.20 bits per heavy atom. The van der Waals surface area contributed by atoms with Gasteiger partial charge in [0.1, 0.15) is 0 Å². The highest BCUT2D eigenvalue weighted by molar-refractivity contribution is 4.95. The summed E-state index contributed by atoms with van der Waals surface area (Å²) in [5.74, 6) is 2.09. The summed E-state index contributed by atoms with van der Waals surface area (Å²) < 4.78 is 5.30. The van der Waals surface area contributed by atoms with Crippen molar-refractivity contribution < 1.29 is 4.52 Å². The summed E-state index contributed by atoms with van der Waals surface area (Å²) in [5.41, 5.74) is 5.45. The van der Waals surface area contributed by atoms with Crippen LogP contribution in [0.15, 0.2) is 4.52 Å². The van der Waals surface area contributed by atoms with Gasteiger partial charge in [0.25, 0.3) is 0 Å². The molecule has 84 valence electrons. The highest BCUT2D eigenvalue weighted by Gasteiger charge is 2.20. The van der Waals surface area contributed by atoms with Gasteiger partial charge in [0.15, 0.2) is 5.82 Å². The van der Waals surface area contributed by atoms with E-state index in [1.54, 1.807) is 0 Å². The Kier molecular flexibility index (Phi) is 3.72. The first kappa shape index (κ1) is 10.6. The van der Waals surface area contributed by atoms with Crippen molar-refractivity contribution in [2.75, 3.05) is 6.54 Å². The number of hydrogen-bond donors (Lipinski definition) is 1. The van der Waals surface area contributed by atoms with Crippen molar-refractivity contribution in [2.24, 2.45) is 5.73 Å². The van der Waals surface area contributed by atoms with E-state index in [2.05, 4.69) is 10.1 Å². The van der Waals surface area contributed by atoms with E-state index in [9.17, 15) is 0 Å². The molecule has 0 aliphatic heterocycles. The van der Waals surface area contributed by atoms with Crippen LogP contribution in [0.1, 0.15) is 56.2 Å². The van der Waals surface area contributed by atoms with Gasteiger partial charge in [-0.1, -0.05) is 30.8 Å². The van der Waals surface area contributed by atoms with Crippen LogP contribution in [0.3, 0.4) is 0 Å². The van der Waals surface area contributed by atoms with Crippen LogP contribution in [0.25, 0.3) is 0 Å². The lowest BCUT2D eigenvalue weighted by atomic mass is 10.0. The summed E-state index contributed by atoms with van der Waals surface area (Å²) in [6, 6.07) is 0. The molecule has 2 N–H and O–H groups in total. The quantitative estimate of drug-likeness (QED) is 0.773. The van der Waals surface area contributed by atoms with Crippen LogP contribution < -0.4 is 5.73 Å². The molecule has 4 nitrogen and oxygen atoms in total. The molecular weight excluding hydrogens is 190 g/mol. The lowest BCUT2D eigenvalue weighted by Gasteiger charge is -2.06. The molecule has 2 rings (SSSR count). The van der Waals surface area contributed by atoms with Gasteiger partial charge in [-0.05, 0) is 19.4 Å². The lowest BCUT2D eigenvalue weighted by molar-refractivity contribution is 0.337. The predicted molar refractivity (Wildman–Crippen MR) is 57.5 cm³/mol. The van der Waals surface area contributed by atoms with Gasteiger partial charge in [-0.2, -0.15) is 4.98 Å². The molecule has 0 aromatic carbocycles. The summed E-state index contributed by atoms with van der Waals surface area (Å²) in [4.78, 5) is 4.41. The molecule has 1 aromatic heterocycles. The molecular formula is C11H19N3O. The molecule has 0 radical (unpaired) electrons. The highest BCUT2D eigenvalue weighted by atomic mass is 16.5. The Morgan fingerprint density at radius 2 is 1.93 bits per heavy atom. The van der Waals surface area contributed by atoms with E-state index in [-0.39, 0.29) is 0 Å². The molecule has 1 aromatic rings. The SMILES string of the molecule is NCCc1noc(C2CCCCCC2)n1. The Labute approximate surface area is 90.2 Å². The van der Waals surface area contributed by atoms with Crippen LogP contribution in [0, 0.1) is 0 Å². The third kappa shape index (κ3) is 2.78. The zero-order chi connectivity index (χ0) is 10.5. The molecule has 15 heavy (non-hydrogen) atoms. The van der Waals surface area contributed by atoms with E-state index in [4.69, 9.17) is 10.3 Å². The number of nitrogens with zero attached hydrogens (tertiary/aromatic N) is 2. The van der Waals surface area contributed by atoms with E-state index in [1.165, 1.54) is 38.5 Å². The van der Waals surface area contributed by atoms with Crippen molar-refractivity contribution >= 4 is 0 Å². The summed E-state index contributed by atoms with van der Waals surface area (Å²) in [6.45, 7) is 0.587. The monoisotopic (exact) mass is 209 g/mol. The van der Waals surface area contributed by atoms with E-state index in [0.717, 1.165) is 18.1 Å². The summed E-state index contributed by atoms with van der Waals surface area (Å²) >= 11 is 0. The molecule has 0 atom stereocenters. The normalized spacial score (nSPS) is 19.0. The summed E-state index contributed by atoms with van der Waals surface area (Å²) in [5, 5.41) is 3.95. The predicted octanol–water partition coefficient (Wildman–Crippen LogP) is 2.01. The van der Waals surface area contributed by atoms with Crippen molar-refractivity contribution in [1.29, 1.82) is 0 Å². The molecule has 0 unspecified atom stereocenters. The fourth-order valence-electron chi connectivity index (χ4n) is 2.19. The van der Waals surface area contributed by atoms with E-state index in [0.29, 0.717) is 12.5 Å². The molecule has 1 fully saturated rings. The molecule has 4 heteroatoms. The topological polar surface area (TPSA) is 64.9 Å². The zero-order valence-electron chi connectivity index (χ0n) is 9.11.